The van der Waals surface area contributed by atoms with E-state index in [1.165, 1.54) is 0 Å². The number of aromatic nitrogens is 2. The topological polar surface area (TPSA) is 102 Å². The van der Waals surface area contributed by atoms with Crippen LogP contribution in [0, 0.1) is 17.0 Å². The molecule has 1 aromatic heterocycles. The molecule has 1 aromatic rings. The molecule has 0 amide bonds. The standard InChI is InChI=1S/C10H17N5O3/c1-6(5-18-4)12-9-8(15(16)17)7(2)13-10(11-3)14-9/h6H,5H2,1-4H3,(H2,11,12,13,14). The number of hydrogen-bond donors (Lipinski definition) is 2. The van der Waals surface area contributed by atoms with E-state index in [2.05, 4.69) is 20.6 Å². The highest BCUT2D eigenvalue weighted by molar-refractivity contribution is 5.61. The molecule has 0 aliphatic heterocycles. The molecule has 0 radical (unpaired) electrons. The molecule has 0 spiro atoms. The lowest BCUT2D eigenvalue weighted by molar-refractivity contribution is -0.385. The minimum atomic E-state index is -0.489. The lowest BCUT2D eigenvalue weighted by Gasteiger charge is -2.14. The number of methoxy groups -OCH3 is 1. The van der Waals surface area contributed by atoms with Crippen LogP contribution in [0.25, 0.3) is 0 Å². The van der Waals surface area contributed by atoms with Gasteiger partial charge in [-0.05, 0) is 13.8 Å². The molecule has 18 heavy (non-hydrogen) atoms. The minimum absolute atomic E-state index is 0.0901. The Morgan fingerprint density at radius 3 is 2.67 bits per heavy atom. The first-order valence-corrected chi connectivity index (χ1v) is 5.45. The highest BCUT2D eigenvalue weighted by Gasteiger charge is 2.22. The fourth-order valence-electron chi connectivity index (χ4n) is 1.52. The van der Waals surface area contributed by atoms with Crippen molar-refractivity contribution in [3.63, 3.8) is 0 Å². The Morgan fingerprint density at radius 2 is 2.17 bits per heavy atom. The second kappa shape index (κ2) is 6.10. The van der Waals surface area contributed by atoms with Gasteiger partial charge in [-0.1, -0.05) is 0 Å². The first-order chi connectivity index (χ1) is 8.49. The minimum Gasteiger partial charge on any atom is -0.383 e. The Labute approximate surface area is 105 Å². The Kier molecular flexibility index (Phi) is 4.78. The van der Waals surface area contributed by atoms with Crippen LogP contribution in [0.4, 0.5) is 17.5 Å². The van der Waals surface area contributed by atoms with Crippen LogP contribution in [0.5, 0.6) is 0 Å². The fraction of sp³-hybridized carbons (Fsp3) is 0.600. The van der Waals surface area contributed by atoms with Gasteiger partial charge in [0.25, 0.3) is 0 Å². The Bertz CT molecular complexity index is 438. The van der Waals surface area contributed by atoms with Crippen LogP contribution in [0.1, 0.15) is 12.6 Å². The molecular weight excluding hydrogens is 238 g/mol. The SMILES string of the molecule is CNc1nc(C)c([N+](=O)[O-])c(NC(C)COC)n1. The molecule has 0 aliphatic carbocycles. The zero-order valence-corrected chi connectivity index (χ0v) is 10.9. The monoisotopic (exact) mass is 255 g/mol. The van der Waals surface area contributed by atoms with E-state index in [1.807, 2.05) is 6.92 Å². The third-order valence-electron chi connectivity index (χ3n) is 2.26. The summed E-state index contributed by atoms with van der Waals surface area (Å²) in [5, 5.41) is 16.7. The summed E-state index contributed by atoms with van der Waals surface area (Å²) >= 11 is 0. The van der Waals surface area contributed by atoms with Crippen LogP contribution in [-0.2, 0) is 4.74 Å². The van der Waals surface area contributed by atoms with Gasteiger partial charge in [-0.15, -0.1) is 0 Å². The van der Waals surface area contributed by atoms with Gasteiger partial charge in [-0.2, -0.15) is 4.98 Å². The summed E-state index contributed by atoms with van der Waals surface area (Å²) in [7, 11) is 3.22. The molecule has 0 aromatic carbocycles. The molecule has 1 unspecified atom stereocenters. The van der Waals surface area contributed by atoms with E-state index < -0.39 is 4.92 Å². The van der Waals surface area contributed by atoms with Crippen molar-refractivity contribution in [3.8, 4) is 0 Å². The van der Waals surface area contributed by atoms with Crippen LogP contribution < -0.4 is 10.6 Å². The highest BCUT2D eigenvalue weighted by Crippen LogP contribution is 2.26. The summed E-state index contributed by atoms with van der Waals surface area (Å²) in [4.78, 5) is 18.6. The van der Waals surface area contributed by atoms with Gasteiger partial charge in [-0.25, -0.2) is 4.98 Å². The Balaban J connectivity index is 3.13. The van der Waals surface area contributed by atoms with Crippen LogP contribution in [0.3, 0.4) is 0 Å². The second-order valence-electron chi connectivity index (χ2n) is 3.84. The quantitative estimate of drug-likeness (QED) is 0.581. The summed E-state index contributed by atoms with van der Waals surface area (Å²) in [6.07, 6.45) is 0. The third kappa shape index (κ3) is 3.27. The van der Waals surface area contributed by atoms with Crippen molar-refractivity contribution in [1.29, 1.82) is 0 Å². The Morgan fingerprint density at radius 1 is 1.50 bits per heavy atom. The second-order valence-corrected chi connectivity index (χ2v) is 3.84. The third-order valence-corrected chi connectivity index (χ3v) is 2.26. The number of aryl methyl sites for hydroxylation is 1. The molecule has 8 nitrogen and oxygen atoms in total. The zero-order chi connectivity index (χ0) is 13.7. The van der Waals surface area contributed by atoms with Crippen molar-refractivity contribution in [3.05, 3.63) is 15.8 Å². The van der Waals surface area contributed by atoms with Gasteiger partial charge in [0.1, 0.15) is 5.69 Å². The van der Waals surface area contributed by atoms with Crippen molar-refractivity contribution in [1.82, 2.24) is 9.97 Å². The van der Waals surface area contributed by atoms with E-state index in [9.17, 15) is 10.1 Å². The molecule has 0 bridgehead atoms. The van der Waals surface area contributed by atoms with Gasteiger partial charge in [0.05, 0.1) is 11.5 Å². The normalized spacial score (nSPS) is 12.0. The number of nitrogens with zero attached hydrogens (tertiary/aromatic N) is 3. The molecule has 0 saturated heterocycles. The maximum absolute atomic E-state index is 11.0. The van der Waals surface area contributed by atoms with Gasteiger partial charge in [0.2, 0.25) is 11.8 Å². The molecular formula is C10H17N5O3. The van der Waals surface area contributed by atoms with E-state index in [4.69, 9.17) is 4.74 Å². The van der Waals surface area contributed by atoms with E-state index in [-0.39, 0.29) is 17.5 Å². The molecule has 0 aliphatic rings. The van der Waals surface area contributed by atoms with Crippen molar-refractivity contribution in [2.24, 2.45) is 0 Å². The van der Waals surface area contributed by atoms with Crippen LogP contribution >= 0.6 is 0 Å². The lowest BCUT2D eigenvalue weighted by Crippen LogP contribution is -2.23. The smallest absolute Gasteiger partial charge is 0.332 e. The zero-order valence-electron chi connectivity index (χ0n) is 10.9. The fourth-order valence-corrected chi connectivity index (χ4v) is 1.52. The summed E-state index contributed by atoms with van der Waals surface area (Å²) in [6, 6.07) is -0.0901. The molecule has 2 N–H and O–H groups in total. The maximum atomic E-state index is 11.0. The van der Waals surface area contributed by atoms with E-state index in [1.54, 1.807) is 21.1 Å². The molecule has 1 rings (SSSR count). The van der Waals surface area contributed by atoms with E-state index in [0.717, 1.165) is 0 Å². The summed E-state index contributed by atoms with van der Waals surface area (Å²) in [6.45, 7) is 3.85. The van der Waals surface area contributed by atoms with Crippen LogP contribution in [0.2, 0.25) is 0 Å². The molecule has 0 fully saturated rings. The maximum Gasteiger partial charge on any atom is 0.332 e. The first-order valence-electron chi connectivity index (χ1n) is 5.45. The predicted octanol–water partition coefficient (Wildman–Crippen LogP) is 1.18. The lowest BCUT2D eigenvalue weighted by atomic mass is 10.3. The summed E-state index contributed by atoms with van der Waals surface area (Å²) in [5.74, 6) is 0.534. The van der Waals surface area contributed by atoms with Gasteiger partial charge in [0, 0.05) is 20.2 Å². The number of hydrogen-bond acceptors (Lipinski definition) is 7. The van der Waals surface area contributed by atoms with Gasteiger partial charge >= 0.3 is 5.69 Å². The average Bonchev–Trinajstić information content (AvgIpc) is 2.27. The van der Waals surface area contributed by atoms with Crippen molar-refractivity contribution in [2.45, 2.75) is 19.9 Å². The van der Waals surface area contributed by atoms with Crippen molar-refractivity contribution < 1.29 is 9.66 Å². The number of nitrogens with one attached hydrogen (secondary N) is 2. The average molecular weight is 255 g/mol. The first kappa shape index (κ1) is 14.1. The van der Waals surface area contributed by atoms with Crippen LogP contribution in [0.15, 0.2) is 0 Å². The molecule has 100 valence electrons. The number of nitro groups is 1. The van der Waals surface area contributed by atoms with Crippen LogP contribution in [-0.4, -0.2) is 41.7 Å². The number of ether oxygens (including phenoxy) is 1. The summed E-state index contributed by atoms with van der Waals surface area (Å²) in [5.41, 5.74) is 0.198. The number of rotatable bonds is 6. The number of anilines is 2. The van der Waals surface area contributed by atoms with Gasteiger partial charge in [0.15, 0.2) is 0 Å². The van der Waals surface area contributed by atoms with E-state index in [0.29, 0.717) is 18.2 Å². The highest BCUT2D eigenvalue weighted by atomic mass is 16.6. The molecule has 8 heteroatoms. The molecule has 0 saturated carbocycles. The van der Waals surface area contributed by atoms with E-state index >= 15 is 0 Å². The largest absolute Gasteiger partial charge is 0.383 e. The van der Waals surface area contributed by atoms with Gasteiger partial charge < -0.3 is 15.4 Å². The predicted molar refractivity (Wildman–Crippen MR) is 67.9 cm³/mol. The molecule has 1 heterocycles. The molecule has 1 atom stereocenters. The van der Waals surface area contributed by atoms with Crippen molar-refractivity contribution >= 4 is 17.5 Å². The Hall–Kier alpha value is -1.96. The summed E-state index contributed by atoms with van der Waals surface area (Å²) < 4.78 is 4.97. The van der Waals surface area contributed by atoms with Gasteiger partial charge in [-0.3, -0.25) is 10.1 Å². The van der Waals surface area contributed by atoms with Crippen molar-refractivity contribution in [2.75, 3.05) is 31.4 Å².